The average molecular weight is 516 g/mol. The van der Waals surface area contributed by atoms with Gasteiger partial charge in [-0.3, -0.25) is 0 Å². The molecule has 0 unspecified atom stereocenters. The zero-order valence-electron chi connectivity index (χ0n) is 21.3. The lowest BCUT2D eigenvalue weighted by atomic mass is 10.1. The molecule has 1 aromatic heterocycles. The third kappa shape index (κ3) is 5.78. The number of methoxy groups -OCH3 is 1. The van der Waals surface area contributed by atoms with Gasteiger partial charge in [0.15, 0.2) is 0 Å². The summed E-state index contributed by atoms with van der Waals surface area (Å²) < 4.78 is 34.5. The van der Waals surface area contributed by atoms with Gasteiger partial charge in [-0.2, -0.15) is 0 Å². The Labute approximate surface area is 219 Å². The fourth-order valence-corrected chi connectivity index (χ4v) is 5.96. The molecule has 2 atom stereocenters. The first-order valence-electron chi connectivity index (χ1n) is 12.9. The number of aromatic nitrogens is 2. The van der Waals surface area contributed by atoms with Gasteiger partial charge in [-0.05, 0) is 61.2 Å². The first-order valence-corrected chi connectivity index (χ1v) is 14.4. The molecule has 1 heterocycles. The highest BCUT2D eigenvalue weighted by molar-refractivity contribution is 7.89. The summed E-state index contributed by atoms with van der Waals surface area (Å²) in [5.41, 5.74) is 4.93. The van der Waals surface area contributed by atoms with Crippen LogP contribution in [0.1, 0.15) is 49.8 Å². The average Bonchev–Trinajstić information content (AvgIpc) is 3.53. The van der Waals surface area contributed by atoms with Crippen molar-refractivity contribution in [1.29, 1.82) is 0 Å². The topological polar surface area (TPSA) is 84.1 Å². The van der Waals surface area contributed by atoms with E-state index in [1.807, 2.05) is 66.7 Å². The number of sulfonamides is 1. The lowest BCUT2D eigenvalue weighted by Crippen LogP contribution is -2.27. The number of aryl methyl sites for hydroxylation is 1. The molecule has 2 N–H and O–H groups in total. The Bertz CT molecular complexity index is 1430. The second-order valence-electron chi connectivity index (χ2n) is 9.61. The summed E-state index contributed by atoms with van der Waals surface area (Å²) in [6.45, 7) is 2.18. The quantitative estimate of drug-likeness (QED) is 0.229. The summed E-state index contributed by atoms with van der Waals surface area (Å²) in [6.07, 6.45) is 5.15. The Balaban J connectivity index is 1.36. The number of ether oxygens (including phenoxy) is 1. The summed E-state index contributed by atoms with van der Waals surface area (Å²) in [4.78, 5) is 8.73. The Hall–Kier alpha value is -3.42. The van der Waals surface area contributed by atoms with Gasteiger partial charge >= 0.3 is 0 Å². The normalized spacial score (nSPS) is 17.0. The third-order valence-electron chi connectivity index (χ3n) is 6.91. The zero-order valence-corrected chi connectivity index (χ0v) is 22.1. The molecule has 1 saturated carbocycles. The van der Waals surface area contributed by atoms with Crippen LogP contribution in [0.25, 0.3) is 22.6 Å². The lowest BCUT2D eigenvalue weighted by molar-refractivity contribution is 0.415. The van der Waals surface area contributed by atoms with Crippen molar-refractivity contribution in [3.05, 3.63) is 90.1 Å². The number of aromatic amines is 1. The van der Waals surface area contributed by atoms with Crippen molar-refractivity contribution in [2.45, 2.75) is 55.9 Å². The van der Waals surface area contributed by atoms with Crippen LogP contribution >= 0.6 is 0 Å². The zero-order chi connectivity index (χ0) is 25.8. The number of H-pyrrole nitrogens is 1. The molecule has 3 aromatic carbocycles. The van der Waals surface area contributed by atoms with Crippen LogP contribution in [-0.2, 0) is 16.4 Å². The number of nitrogens with zero attached hydrogens (tertiary/aromatic N) is 1. The van der Waals surface area contributed by atoms with Crippen LogP contribution < -0.4 is 9.46 Å². The van der Waals surface area contributed by atoms with Crippen LogP contribution in [0.4, 0.5) is 0 Å². The molecular weight excluding hydrogens is 482 g/mol. The van der Waals surface area contributed by atoms with E-state index in [0.29, 0.717) is 11.3 Å². The molecule has 4 aromatic rings. The van der Waals surface area contributed by atoms with Crippen molar-refractivity contribution < 1.29 is 13.2 Å². The third-order valence-corrected chi connectivity index (χ3v) is 8.41. The number of imidazole rings is 1. The first-order chi connectivity index (χ1) is 18.0. The van der Waals surface area contributed by atoms with Crippen molar-refractivity contribution in [2.75, 3.05) is 7.11 Å². The van der Waals surface area contributed by atoms with Crippen LogP contribution in [-0.4, -0.2) is 31.5 Å². The van der Waals surface area contributed by atoms with E-state index >= 15 is 0 Å². The molecular formula is C30H33N3O3S. The predicted molar refractivity (Wildman–Crippen MR) is 147 cm³/mol. The van der Waals surface area contributed by atoms with E-state index in [2.05, 4.69) is 16.6 Å². The summed E-state index contributed by atoms with van der Waals surface area (Å²) in [6, 6.07) is 24.9. The molecule has 0 radical (unpaired) electrons. The molecule has 0 amide bonds. The van der Waals surface area contributed by atoms with Crippen LogP contribution in [0.15, 0.2) is 83.8 Å². The van der Waals surface area contributed by atoms with Crippen molar-refractivity contribution in [3.63, 3.8) is 0 Å². The van der Waals surface area contributed by atoms with Crippen molar-refractivity contribution in [2.24, 2.45) is 0 Å². The summed E-state index contributed by atoms with van der Waals surface area (Å²) in [5, 5.41) is 0. The van der Waals surface area contributed by atoms with Crippen molar-refractivity contribution in [3.8, 4) is 28.4 Å². The second-order valence-corrected chi connectivity index (χ2v) is 11.3. The molecule has 0 saturated heterocycles. The van der Waals surface area contributed by atoms with E-state index in [-0.39, 0.29) is 12.0 Å². The molecule has 5 rings (SSSR count). The van der Waals surface area contributed by atoms with Gasteiger partial charge in [-0.15, -0.1) is 0 Å². The lowest BCUT2D eigenvalue weighted by Gasteiger charge is -2.08. The number of benzene rings is 3. The number of rotatable bonds is 11. The van der Waals surface area contributed by atoms with Gasteiger partial charge < -0.3 is 9.72 Å². The SMILES string of the molecule is CCCCCc1ccc(S(=O)(=O)N[C@H]2C[C@@H]2c2nc(-c3ccccc3)[nH]c2-c2ccc(OC)cc2)cc1. The van der Waals surface area contributed by atoms with E-state index < -0.39 is 10.0 Å². The van der Waals surface area contributed by atoms with E-state index in [4.69, 9.17) is 9.72 Å². The smallest absolute Gasteiger partial charge is 0.240 e. The highest BCUT2D eigenvalue weighted by Gasteiger charge is 2.44. The Morgan fingerprint density at radius 3 is 2.35 bits per heavy atom. The van der Waals surface area contributed by atoms with Gasteiger partial charge in [0.1, 0.15) is 11.6 Å². The van der Waals surface area contributed by atoms with Gasteiger partial charge in [0, 0.05) is 23.1 Å². The van der Waals surface area contributed by atoms with E-state index in [9.17, 15) is 8.42 Å². The molecule has 1 fully saturated rings. The molecule has 0 bridgehead atoms. The Kier molecular flexibility index (Phi) is 7.44. The number of unbranched alkanes of at least 4 members (excludes halogenated alkanes) is 2. The first kappa shape index (κ1) is 25.2. The maximum Gasteiger partial charge on any atom is 0.240 e. The minimum atomic E-state index is -3.62. The van der Waals surface area contributed by atoms with Gasteiger partial charge in [-0.25, -0.2) is 18.1 Å². The van der Waals surface area contributed by atoms with Crippen LogP contribution in [0.3, 0.4) is 0 Å². The Morgan fingerprint density at radius 1 is 0.946 bits per heavy atom. The fourth-order valence-electron chi connectivity index (χ4n) is 4.67. The van der Waals surface area contributed by atoms with E-state index in [0.717, 1.165) is 46.9 Å². The summed E-state index contributed by atoms with van der Waals surface area (Å²) >= 11 is 0. The number of hydrogen-bond acceptors (Lipinski definition) is 4. The number of nitrogens with one attached hydrogen (secondary N) is 2. The highest BCUT2D eigenvalue weighted by atomic mass is 32.2. The molecule has 0 aliphatic heterocycles. The van der Waals surface area contributed by atoms with Crippen molar-refractivity contribution in [1.82, 2.24) is 14.7 Å². The minimum absolute atomic E-state index is 0.00564. The van der Waals surface area contributed by atoms with E-state index in [1.54, 1.807) is 19.2 Å². The maximum absolute atomic E-state index is 13.1. The fraction of sp³-hybridized carbons (Fsp3) is 0.300. The standard InChI is InChI=1S/C30H33N3O3S/c1-3-4-6-9-21-12-18-25(19-13-21)37(34,35)33-27-20-26(27)29-28(22-14-16-24(36-2)17-15-22)31-30(32-29)23-10-7-5-8-11-23/h5,7-8,10-19,26-27,33H,3-4,6,9,20H2,1-2H3,(H,31,32)/t26-,27-/m0/s1. The van der Waals surface area contributed by atoms with Gasteiger partial charge in [-0.1, -0.05) is 62.2 Å². The van der Waals surface area contributed by atoms with Crippen LogP contribution in [0.5, 0.6) is 5.75 Å². The summed E-state index contributed by atoms with van der Waals surface area (Å²) in [5.74, 6) is 1.55. The van der Waals surface area contributed by atoms with E-state index in [1.165, 1.54) is 18.4 Å². The number of hydrogen-bond donors (Lipinski definition) is 2. The predicted octanol–water partition coefficient (Wildman–Crippen LogP) is 6.32. The molecule has 1 aliphatic carbocycles. The van der Waals surface area contributed by atoms with Crippen LogP contribution in [0.2, 0.25) is 0 Å². The highest BCUT2D eigenvalue weighted by Crippen LogP contribution is 2.45. The van der Waals surface area contributed by atoms with Gasteiger partial charge in [0.25, 0.3) is 0 Å². The van der Waals surface area contributed by atoms with Gasteiger partial charge in [0.05, 0.1) is 23.4 Å². The maximum atomic E-state index is 13.1. The molecule has 0 spiro atoms. The largest absolute Gasteiger partial charge is 0.497 e. The van der Waals surface area contributed by atoms with Crippen LogP contribution in [0, 0.1) is 0 Å². The molecule has 1 aliphatic rings. The minimum Gasteiger partial charge on any atom is -0.497 e. The Morgan fingerprint density at radius 2 is 1.68 bits per heavy atom. The van der Waals surface area contributed by atoms with Gasteiger partial charge in [0.2, 0.25) is 10.0 Å². The molecule has 37 heavy (non-hydrogen) atoms. The summed E-state index contributed by atoms with van der Waals surface area (Å²) in [7, 11) is -1.97. The second kappa shape index (κ2) is 10.9. The monoisotopic (exact) mass is 515 g/mol. The molecule has 192 valence electrons. The molecule has 7 heteroatoms. The van der Waals surface area contributed by atoms with Crippen molar-refractivity contribution >= 4 is 10.0 Å². The molecule has 6 nitrogen and oxygen atoms in total.